The lowest BCUT2D eigenvalue weighted by molar-refractivity contribution is -0.138. The summed E-state index contributed by atoms with van der Waals surface area (Å²) in [6.45, 7) is 5.31. The Morgan fingerprint density at radius 2 is 2.05 bits per heavy atom. The second-order valence-electron chi connectivity index (χ2n) is 6.08. The molecule has 7 nitrogen and oxygen atoms in total. The summed E-state index contributed by atoms with van der Waals surface area (Å²) >= 11 is 0. The van der Waals surface area contributed by atoms with Crippen LogP contribution in [0.2, 0.25) is 0 Å². The summed E-state index contributed by atoms with van der Waals surface area (Å²) < 4.78 is 0. The number of aliphatic carboxylic acids is 1. The normalized spacial score (nSPS) is 18.6. The predicted molar refractivity (Wildman–Crippen MR) is 77.6 cm³/mol. The van der Waals surface area contributed by atoms with E-state index in [-0.39, 0.29) is 30.8 Å². The Morgan fingerprint density at radius 1 is 1.38 bits per heavy atom. The molecule has 1 unspecified atom stereocenters. The van der Waals surface area contributed by atoms with E-state index in [9.17, 15) is 14.4 Å². The van der Waals surface area contributed by atoms with Gasteiger partial charge in [0.2, 0.25) is 5.91 Å². The number of rotatable bonds is 6. The zero-order valence-corrected chi connectivity index (χ0v) is 12.7. The average molecular weight is 299 g/mol. The third-order valence-corrected chi connectivity index (χ3v) is 3.46. The molecule has 1 saturated heterocycles. The summed E-state index contributed by atoms with van der Waals surface area (Å²) in [7, 11) is 0. The molecule has 0 radical (unpaired) electrons. The number of primary amides is 1. The molecule has 1 fully saturated rings. The Bertz CT molecular complexity index is 398. The van der Waals surface area contributed by atoms with Crippen molar-refractivity contribution in [3.63, 3.8) is 0 Å². The fourth-order valence-electron chi connectivity index (χ4n) is 2.69. The standard InChI is InChI=1S/C14H25N3O4/c1-10(2)7-17(9-12(15)18)14(21)16-5-3-4-11(8-16)6-13(19)20/h10-11H,3-9H2,1-2H3,(H2,15,18)(H,19,20). The lowest BCUT2D eigenvalue weighted by atomic mass is 9.95. The number of amides is 3. The molecule has 0 aliphatic carbocycles. The number of carboxylic acids is 1. The summed E-state index contributed by atoms with van der Waals surface area (Å²) in [4.78, 5) is 37.5. The van der Waals surface area contributed by atoms with E-state index in [4.69, 9.17) is 10.8 Å². The van der Waals surface area contributed by atoms with Crippen LogP contribution >= 0.6 is 0 Å². The minimum absolute atomic E-state index is 0.0188. The van der Waals surface area contributed by atoms with E-state index in [1.807, 2.05) is 13.8 Å². The van der Waals surface area contributed by atoms with Gasteiger partial charge in [0.15, 0.2) is 0 Å². The van der Waals surface area contributed by atoms with Gasteiger partial charge in [0.25, 0.3) is 0 Å². The van der Waals surface area contributed by atoms with Gasteiger partial charge in [-0.15, -0.1) is 0 Å². The molecule has 0 spiro atoms. The van der Waals surface area contributed by atoms with Crippen molar-refractivity contribution in [3.05, 3.63) is 0 Å². The molecule has 3 N–H and O–H groups in total. The minimum Gasteiger partial charge on any atom is -0.481 e. The Labute approximate surface area is 125 Å². The Balaban J connectivity index is 2.68. The van der Waals surface area contributed by atoms with Gasteiger partial charge in [0.05, 0.1) is 0 Å². The van der Waals surface area contributed by atoms with E-state index >= 15 is 0 Å². The molecule has 21 heavy (non-hydrogen) atoms. The largest absolute Gasteiger partial charge is 0.481 e. The van der Waals surface area contributed by atoms with Crippen LogP contribution in [0.1, 0.15) is 33.1 Å². The Hall–Kier alpha value is -1.79. The first-order valence-corrected chi connectivity index (χ1v) is 7.33. The topological polar surface area (TPSA) is 104 Å². The van der Waals surface area contributed by atoms with Gasteiger partial charge >= 0.3 is 12.0 Å². The first-order valence-electron chi connectivity index (χ1n) is 7.33. The van der Waals surface area contributed by atoms with Crippen molar-refractivity contribution in [2.75, 3.05) is 26.2 Å². The zero-order valence-electron chi connectivity index (χ0n) is 12.7. The van der Waals surface area contributed by atoms with Crippen LogP contribution in [0, 0.1) is 11.8 Å². The van der Waals surface area contributed by atoms with Crippen LogP contribution < -0.4 is 5.73 Å². The molecule has 0 saturated carbocycles. The molecule has 1 aliphatic rings. The van der Waals surface area contributed by atoms with Gasteiger partial charge in [-0.2, -0.15) is 0 Å². The maximum absolute atomic E-state index is 12.5. The number of nitrogens with zero attached hydrogens (tertiary/aromatic N) is 2. The van der Waals surface area contributed by atoms with Crippen molar-refractivity contribution in [1.29, 1.82) is 0 Å². The summed E-state index contributed by atoms with van der Waals surface area (Å²) in [5.41, 5.74) is 5.20. The van der Waals surface area contributed by atoms with E-state index in [0.29, 0.717) is 19.6 Å². The van der Waals surface area contributed by atoms with Gasteiger partial charge in [0, 0.05) is 26.1 Å². The third-order valence-electron chi connectivity index (χ3n) is 3.46. The highest BCUT2D eigenvalue weighted by Gasteiger charge is 2.29. The van der Waals surface area contributed by atoms with E-state index in [0.717, 1.165) is 12.8 Å². The molecular formula is C14H25N3O4. The number of nitrogens with two attached hydrogens (primary N) is 1. The maximum Gasteiger partial charge on any atom is 0.320 e. The smallest absolute Gasteiger partial charge is 0.320 e. The quantitative estimate of drug-likeness (QED) is 0.754. The number of carbonyl (C=O) groups is 3. The molecule has 0 bridgehead atoms. The molecule has 0 aromatic carbocycles. The van der Waals surface area contributed by atoms with Crippen LogP contribution in [0.5, 0.6) is 0 Å². The van der Waals surface area contributed by atoms with Crippen molar-refractivity contribution < 1.29 is 19.5 Å². The molecule has 3 amide bonds. The number of likely N-dealkylation sites (tertiary alicyclic amines) is 1. The number of carbonyl (C=O) groups excluding carboxylic acids is 2. The highest BCUT2D eigenvalue weighted by molar-refractivity contribution is 5.83. The second-order valence-corrected chi connectivity index (χ2v) is 6.08. The summed E-state index contributed by atoms with van der Waals surface area (Å²) in [6, 6.07) is -0.224. The van der Waals surface area contributed by atoms with Crippen molar-refractivity contribution in [3.8, 4) is 0 Å². The monoisotopic (exact) mass is 299 g/mol. The molecule has 1 atom stereocenters. The molecular weight excluding hydrogens is 274 g/mol. The average Bonchev–Trinajstić information content (AvgIpc) is 2.35. The molecule has 0 aromatic heterocycles. The summed E-state index contributed by atoms with van der Waals surface area (Å²) in [6.07, 6.45) is 1.68. The molecule has 1 rings (SSSR count). The molecule has 0 aromatic rings. The fraction of sp³-hybridized carbons (Fsp3) is 0.786. The van der Waals surface area contributed by atoms with Crippen LogP contribution in [0.25, 0.3) is 0 Å². The Morgan fingerprint density at radius 3 is 2.57 bits per heavy atom. The zero-order chi connectivity index (χ0) is 16.0. The minimum atomic E-state index is -0.842. The number of piperidine rings is 1. The third kappa shape index (κ3) is 6.01. The SMILES string of the molecule is CC(C)CN(CC(N)=O)C(=O)N1CCCC(CC(=O)O)C1. The van der Waals surface area contributed by atoms with Crippen LogP contribution in [-0.4, -0.2) is 59.0 Å². The number of hydrogen-bond donors (Lipinski definition) is 2. The van der Waals surface area contributed by atoms with E-state index in [1.165, 1.54) is 4.90 Å². The summed E-state index contributed by atoms with van der Waals surface area (Å²) in [5, 5.41) is 8.86. The predicted octanol–water partition coefficient (Wildman–Crippen LogP) is 0.736. The lowest BCUT2D eigenvalue weighted by Crippen LogP contribution is -2.50. The number of carboxylic acid groups (broad SMARTS) is 1. The molecule has 120 valence electrons. The van der Waals surface area contributed by atoms with Crippen LogP contribution in [0.4, 0.5) is 4.79 Å². The highest BCUT2D eigenvalue weighted by Crippen LogP contribution is 2.21. The number of hydrogen-bond acceptors (Lipinski definition) is 3. The van der Waals surface area contributed by atoms with Crippen molar-refractivity contribution >= 4 is 17.9 Å². The molecule has 1 heterocycles. The highest BCUT2D eigenvalue weighted by atomic mass is 16.4. The van der Waals surface area contributed by atoms with Gasteiger partial charge < -0.3 is 20.6 Å². The van der Waals surface area contributed by atoms with Crippen molar-refractivity contribution in [1.82, 2.24) is 9.80 Å². The van der Waals surface area contributed by atoms with E-state index < -0.39 is 11.9 Å². The van der Waals surface area contributed by atoms with Gasteiger partial charge in [-0.3, -0.25) is 9.59 Å². The second kappa shape index (κ2) is 7.85. The van der Waals surface area contributed by atoms with E-state index in [2.05, 4.69) is 0 Å². The van der Waals surface area contributed by atoms with Gasteiger partial charge in [-0.25, -0.2) is 4.79 Å². The molecule has 1 aliphatic heterocycles. The number of urea groups is 1. The van der Waals surface area contributed by atoms with Gasteiger partial charge in [-0.05, 0) is 24.7 Å². The Kier molecular flexibility index (Phi) is 6.45. The first kappa shape index (κ1) is 17.3. The van der Waals surface area contributed by atoms with Gasteiger partial charge in [0.1, 0.15) is 6.54 Å². The van der Waals surface area contributed by atoms with Crippen LogP contribution in [0.15, 0.2) is 0 Å². The summed E-state index contributed by atoms with van der Waals surface area (Å²) in [5.74, 6) is -1.17. The lowest BCUT2D eigenvalue weighted by Gasteiger charge is -2.36. The van der Waals surface area contributed by atoms with Gasteiger partial charge in [-0.1, -0.05) is 13.8 Å². The fourth-order valence-corrected chi connectivity index (χ4v) is 2.69. The van der Waals surface area contributed by atoms with Crippen LogP contribution in [-0.2, 0) is 9.59 Å². The van der Waals surface area contributed by atoms with Crippen molar-refractivity contribution in [2.24, 2.45) is 17.6 Å². The molecule has 7 heteroatoms. The van der Waals surface area contributed by atoms with Crippen molar-refractivity contribution in [2.45, 2.75) is 33.1 Å². The maximum atomic E-state index is 12.5. The van der Waals surface area contributed by atoms with Crippen LogP contribution in [0.3, 0.4) is 0 Å². The van der Waals surface area contributed by atoms with E-state index in [1.54, 1.807) is 4.90 Å². The first-order chi connectivity index (χ1) is 9.79.